The van der Waals surface area contributed by atoms with Gasteiger partial charge in [0, 0.05) is 55.0 Å². The minimum absolute atomic E-state index is 0.0464. The van der Waals surface area contributed by atoms with E-state index in [-0.39, 0.29) is 5.41 Å². The SMILES string of the molecule is CC(O)Nc1cc(Oc2ccc3nc(Nc4cc(C(C)(C)C)n(CC5COC5)n4)n(C)c3n2)ccn1. The van der Waals surface area contributed by atoms with Crippen LogP contribution in [-0.4, -0.2) is 53.8 Å². The Kier molecular flexibility index (Phi) is 6.27. The van der Waals surface area contributed by atoms with Gasteiger partial charge in [-0.15, -0.1) is 0 Å². The van der Waals surface area contributed by atoms with Gasteiger partial charge >= 0.3 is 0 Å². The van der Waals surface area contributed by atoms with E-state index in [0.717, 1.165) is 36.8 Å². The molecule has 1 aliphatic rings. The third-order valence-corrected chi connectivity index (χ3v) is 5.93. The number of aromatic nitrogens is 6. The predicted octanol–water partition coefficient (Wildman–Crippen LogP) is 3.79. The fourth-order valence-electron chi connectivity index (χ4n) is 4.07. The minimum Gasteiger partial charge on any atom is -0.439 e. The zero-order valence-electron chi connectivity index (χ0n) is 21.2. The summed E-state index contributed by atoms with van der Waals surface area (Å²) < 4.78 is 15.3. The second-order valence-corrected chi connectivity index (χ2v) is 10.2. The first-order valence-electron chi connectivity index (χ1n) is 12.0. The van der Waals surface area contributed by atoms with E-state index >= 15 is 0 Å². The standard InChI is InChI=1S/C25H32N8O3/c1-15(34)27-20-10-17(8-9-26-20)36-22-7-6-18-23(30-22)32(5)24(28-18)29-21-11-19(25(2,3)4)33(31-21)12-16-13-35-14-16/h6-11,15-16,34H,12-14H2,1-5H3,(H,26,27)(H,28,29,31). The Labute approximate surface area is 209 Å². The molecule has 36 heavy (non-hydrogen) atoms. The van der Waals surface area contributed by atoms with Gasteiger partial charge in [-0.25, -0.2) is 9.97 Å². The fraction of sp³-hybridized carbons (Fsp3) is 0.440. The predicted molar refractivity (Wildman–Crippen MR) is 137 cm³/mol. The van der Waals surface area contributed by atoms with Crippen molar-refractivity contribution in [1.29, 1.82) is 0 Å². The number of pyridine rings is 2. The Morgan fingerprint density at radius 3 is 2.67 bits per heavy atom. The number of nitrogens with zero attached hydrogens (tertiary/aromatic N) is 6. The second-order valence-electron chi connectivity index (χ2n) is 10.2. The normalized spacial score (nSPS) is 15.1. The van der Waals surface area contributed by atoms with Crippen LogP contribution in [0.2, 0.25) is 0 Å². The van der Waals surface area contributed by atoms with Crippen molar-refractivity contribution < 1.29 is 14.6 Å². The van der Waals surface area contributed by atoms with Crippen molar-refractivity contribution in [3.8, 4) is 11.6 Å². The maximum absolute atomic E-state index is 9.52. The number of aliphatic hydroxyl groups is 1. The van der Waals surface area contributed by atoms with Crippen molar-refractivity contribution in [3.63, 3.8) is 0 Å². The van der Waals surface area contributed by atoms with E-state index in [0.29, 0.717) is 35.0 Å². The van der Waals surface area contributed by atoms with Gasteiger partial charge in [0.2, 0.25) is 11.8 Å². The van der Waals surface area contributed by atoms with Gasteiger partial charge in [-0.05, 0) is 19.1 Å². The summed E-state index contributed by atoms with van der Waals surface area (Å²) in [6.45, 7) is 10.6. The number of ether oxygens (including phenoxy) is 2. The Morgan fingerprint density at radius 2 is 1.97 bits per heavy atom. The first-order chi connectivity index (χ1) is 17.2. The van der Waals surface area contributed by atoms with Gasteiger partial charge in [0.15, 0.2) is 11.5 Å². The lowest BCUT2D eigenvalue weighted by molar-refractivity contribution is -0.0414. The molecular weight excluding hydrogens is 460 g/mol. The van der Waals surface area contributed by atoms with Crippen LogP contribution in [0.15, 0.2) is 36.5 Å². The molecule has 5 heterocycles. The number of hydrogen-bond acceptors (Lipinski definition) is 9. The number of aryl methyl sites for hydroxylation is 1. The zero-order valence-corrected chi connectivity index (χ0v) is 21.2. The van der Waals surface area contributed by atoms with Gasteiger partial charge in [-0.2, -0.15) is 10.1 Å². The van der Waals surface area contributed by atoms with Gasteiger partial charge in [0.1, 0.15) is 23.3 Å². The quantitative estimate of drug-likeness (QED) is 0.315. The summed E-state index contributed by atoms with van der Waals surface area (Å²) in [5.74, 6) is 3.36. The molecule has 1 saturated heterocycles. The second kappa shape index (κ2) is 9.40. The molecule has 0 saturated carbocycles. The van der Waals surface area contributed by atoms with Crippen molar-refractivity contribution in [2.24, 2.45) is 13.0 Å². The third kappa shape index (κ3) is 5.12. The monoisotopic (exact) mass is 492 g/mol. The summed E-state index contributed by atoms with van der Waals surface area (Å²) in [6.07, 6.45) is 0.883. The van der Waals surface area contributed by atoms with Crippen molar-refractivity contribution in [2.45, 2.75) is 45.9 Å². The summed E-state index contributed by atoms with van der Waals surface area (Å²) in [4.78, 5) is 13.5. The number of anilines is 3. The van der Waals surface area contributed by atoms with Crippen molar-refractivity contribution in [1.82, 2.24) is 29.3 Å². The first-order valence-corrected chi connectivity index (χ1v) is 12.0. The van der Waals surface area contributed by atoms with Crippen LogP contribution in [0.25, 0.3) is 11.2 Å². The van der Waals surface area contributed by atoms with Crippen LogP contribution in [0.5, 0.6) is 11.6 Å². The molecule has 190 valence electrons. The van der Waals surface area contributed by atoms with E-state index < -0.39 is 6.23 Å². The molecule has 1 atom stereocenters. The Bertz CT molecular complexity index is 1370. The highest BCUT2D eigenvalue weighted by Gasteiger charge is 2.26. The lowest BCUT2D eigenvalue weighted by Crippen LogP contribution is -2.33. The van der Waals surface area contributed by atoms with Crippen LogP contribution in [0, 0.1) is 5.92 Å². The van der Waals surface area contributed by atoms with E-state index in [1.54, 1.807) is 31.3 Å². The summed E-state index contributed by atoms with van der Waals surface area (Å²) in [5, 5.41) is 20.6. The average molecular weight is 493 g/mol. The van der Waals surface area contributed by atoms with E-state index in [9.17, 15) is 5.11 Å². The highest BCUT2D eigenvalue weighted by molar-refractivity contribution is 5.76. The highest BCUT2D eigenvalue weighted by Crippen LogP contribution is 2.29. The largest absolute Gasteiger partial charge is 0.439 e. The number of fused-ring (bicyclic) bond motifs is 1. The molecule has 0 bridgehead atoms. The number of hydrogen-bond donors (Lipinski definition) is 3. The fourth-order valence-corrected chi connectivity index (χ4v) is 4.07. The third-order valence-electron chi connectivity index (χ3n) is 5.93. The molecule has 1 fully saturated rings. The molecule has 1 aliphatic heterocycles. The molecule has 0 spiro atoms. The van der Waals surface area contributed by atoms with E-state index in [4.69, 9.17) is 19.6 Å². The van der Waals surface area contributed by atoms with Crippen molar-refractivity contribution >= 4 is 28.7 Å². The molecule has 11 nitrogen and oxygen atoms in total. The van der Waals surface area contributed by atoms with Gasteiger partial charge in [-0.1, -0.05) is 20.8 Å². The van der Waals surface area contributed by atoms with Gasteiger partial charge in [0.25, 0.3) is 0 Å². The van der Waals surface area contributed by atoms with E-state index in [2.05, 4.69) is 52.1 Å². The molecular formula is C25H32N8O3. The lowest BCUT2D eigenvalue weighted by atomic mass is 9.92. The number of nitrogens with one attached hydrogen (secondary N) is 2. The number of rotatable bonds is 8. The highest BCUT2D eigenvalue weighted by atomic mass is 16.5. The van der Waals surface area contributed by atoms with Crippen LogP contribution >= 0.6 is 0 Å². The minimum atomic E-state index is -0.722. The zero-order chi connectivity index (χ0) is 25.4. The first kappa shape index (κ1) is 24.0. The van der Waals surface area contributed by atoms with Crippen LogP contribution in [0.3, 0.4) is 0 Å². The molecule has 0 aromatic carbocycles. The molecule has 4 aromatic heterocycles. The molecule has 0 radical (unpaired) electrons. The molecule has 11 heteroatoms. The van der Waals surface area contributed by atoms with Gasteiger partial charge < -0.3 is 25.2 Å². The molecule has 0 amide bonds. The van der Waals surface area contributed by atoms with Gasteiger partial charge in [-0.3, -0.25) is 9.25 Å². The van der Waals surface area contributed by atoms with Crippen LogP contribution in [0.4, 0.5) is 17.6 Å². The molecule has 5 rings (SSSR count). The van der Waals surface area contributed by atoms with E-state index in [1.807, 2.05) is 17.7 Å². The Balaban J connectivity index is 1.38. The van der Waals surface area contributed by atoms with Crippen LogP contribution in [-0.2, 0) is 23.7 Å². The maximum atomic E-state index is 9.52. The smallest absolute Gasteiger partial charge is 0.221 e. The van der Waals surface area contributed by atoms with E-state index in [1.165, 1.54) is 0 Å². The molecule has 1 unspecified atom stereocenters. The average Bonchev–Trinajstić information content (AvgIpc) is 3.32. The molecule has 4 aromatic rings. The molecule has 3 N–H and O–H groups in total. The van der Waals surface area contributed by atoms with Crippen LogP contribution in [0.1, 0.15) is 33.4 Å². The summed E-state index contributed by atoms with van der Waals surface area (Å²) in [7, 11) is 1.90. The number of aliphatic hydroxyl groups excluding tert-OH is 1. The van der Waals surface area contributed by atoms with Crippen molar-refractivity contribution in [2.75, 3.05) is 23.8 Å². The van der Waals surface area contributed by atoms with Gasteiger partial charge in [0.05, 0.1) is 13.2 Å². The maximum Gasteiger partial charge on any atom is 0.221 e. The Hall–Kier alpha value is -3.70. The number of imidazole rings is 1. The topological polar surface area (TPSA) is 124 Å². The summed E-state index contributed by atoms with van der Waals surface area (Å²) in [6, 6.07) is 9.16. The van der Waals surface area contributed by atoms with Crippen molar-refractivity contribution in [3.05, 3.63) is 42.2 Å². The summed E-state index contributed by atoms with van der Waals surface area (Å²) in [5.41, 5.74) is 2.52. The molecule has 0 aliphatic carbocycles. The Morgan fingerprint density at radius 1 is 1.17 bits per heavy atom. The lowest BCUT2D eigenvalue weighted by Gasteiger charge is -2.28. The van der Waals surface area contributed by atoms with Crippen LogP contribution < -0.4 is 15.4 Å². The summed E-state index contributed by atoms with van der Waals surface area (Å²) >= 11 is 0.